The summed E-state index contributed by atoms with van der Waals surface area (Å²) < 4.78 is 12.9. The van der Waals surface area contributed by atoms with E-state index in [0.29, 0.717) is 6.54 Å². The van der Waals surface area contributed by atoms with Gasteiger partial charge in [-0.1, -0.05) is 0 Å². The Labute approximate surface area is 149 Å². The maximum Gasteiger partial charge on any atom is 0.269 e. The molecule has 2 heterocycles. The summed E-state index contributed by atoms with van der Waals surface area (Å²) in [5.74, 6) is -0.604. The van der Waals surface area contributed by atoms with Gasteiger partial charge in [0, 0.05) is 11.4 Å². The van der Waals surface area contributed by atoms with Crippen LogP contribution in [0.2, 0.25) is 0 Å². The molecular formula is C17H19FN4O2S. The molecule has 1 aromatic heterocycles. The summed E-state index contributed by atoms with van der Waals surface area (Å²) in [6.45, 7) is 0.665. The summed E-state index contributed by atoms with van der Waals surface area (Å²) in [6, 6.07) is 7.57. The summed E-state index contributed by atoms with van der Waals surface area (Å²) >= 11 is 1.38. The Morgan fingerprint density at radius 1 is 1.32 bits per heavy atom. The number of nitrogens with two attached hydrogens (primary N) is 1. The molecule has 0 saturated carbocycles. The molecule has 0 aliphatic carbocycles. The zero-order chi connectivity index (χ0) is 17.8. The third kappa shape index (κ3) is 4.19. The van der Waals surface area contributed by atoms with E-state index in [0.717, 1.165) is 29.9 Å². The molecule has 3 rings (SSSR count). The fourth-order valence-corrected chi connectivity index (χ4v) is 3.73. The highest BCUT2D eigenvalue weighted by molar-refractivity contribution is 8.00. The lowest BCUT2D eigenvalue weighted by molar-refractivity contribution is -0.132. The van der Waals surface area contributed by atoms with Crippen molar-refractivity contribution < 1.29 is 14.0 Å². The Morgan fingerprint density at radius 2 is 2.08 bits per heavy atom. The number of rotatable bonds is 5. The molecule has 8 heteroatoms. The van der Waals surface area contributed by atoms with Gasteiger partial charge in [-0.15, -0.1) is 11.8 Å². The molecule has 1 aromatic carbocycles. The van der Waals surface area contributed by atoms with Crippen LogP contribution >= 0.6 is 11.8 Å². The lowest BCUT2D eigenvalue weighted by Gasteiger charge is -2.35. The number of aromatic amines is 1. The lowest BCUT2D eigenvalue weighted by Crippen LogP contribution is -2.39. The number of amides is 2. The Balaban J connectivity index is 1.67. The smallest absolute Gasteiger partial charge is 0.269 e. The normalized spacial score (nSPS) is 17.5. The molecule has 2 amide bonds. The van der Waals surface area contributed by atoms with Crippen LogP contribution in [-0.2, 0) is 4.79 Å². The minimum atomic E-state index is -0.594. The third-order valence-corrected chi connectivity index (χ3v) is 5.21. The van der Waals surface area contributed by atoms with Crippen LogP contribution in [-0.4, -0.2) is 39.2 Å². The number of thioether (sulfide) groups is 1. The molecule has 0 bridgehead atoms. The minimum absolute atomic E-state index is 0.00856. The molecule has 1 atom stereocenters. The van der Waals surface area contributed by atoms with Crippen LogP contribution in [0.1, 0.15) is 41.5 Å². The fraction of sp³-hybridized carbons (Fsp3) is 0.353. The van der Waals surface area contributed by atoms with E-state index in [2.05, 4.69) is 10.2 Å². The molecule has 132 valence electrons. The van der Waals surface area contributed by atoms with E-state index in [1.54, 1.807) is 18.2 Å². The van der Waals surface area contributed by atoms with E-state index in [-0.39, 0.29) is 29.2 Å². The second-order valence-electron chi connectivity index (χ2n) is 5.91. The molecule has 1 fully saturated rings. The van der Waals surface area contributed by atoms with Crippen LogP contribution in [0.3, 0.4) is 0 Å². The number of carbonyl (C=O) groups is 2. The quantitative estimate of drug-likeness (QED) is 0.800. The molecule has 25 heavy (non-hydrogen) atoms. The number of hydrogen-bond acceptors (Lipinski definition) is 4. The molecule has 3 N–H and O–H groups in total. The third-order valence-electron chi connectivity index (χ3n) is 4.21. The number of nitrogens with one attached hydrogen (secondary N) is 1. The van der Waals surface area contributed by atoms with Crippen molar-refractivity contribution in [2.45, 2.75) is 30.2 Å². The van der Waals surface area contributed by atoms with Crippen LogP contribution in [0.25, 0.3) is 0 Å². The summed E-state index contributed by atoms with van der Waals surface area (Å²) in [7, 11) is 0. The van der Waals surface area contributed by atoms with Gasteiger partial charge in [0.1, 0.15) is 11.5 Å². The Hall–Kier alpha value is -2.35. The van der Waals surface area contributed by atoms with Crippen molar-refractivity contribution in [2.75, 3.05) is 12.3 Å². The lowest BCUT2D eigenvalue weighted by atomic mass is 9.99. The second-order valence-corrected chi connectivity index (χ2v) is 6.96. The maximum atomic E-state index is 12.9. The molecule has 1 saturated heterocycles. The highest BCUT2D eigenvalue weighted by atomic mass is 32.2. The number of H-pyrrole nitrogens is 1. The van der Waals surface area contributed by atoms with Gasteiger partial charge in [0.05, 0.1) is 17.5 Å². The first-order valence-electron chi connectivity index (χ1n) is 8.07. The van der Waals surface area contributed by atoms with Gasteiger partial charge >= 0.3 is 0 Å². The zero-order valence-corrected chi connectivity index (χ0v) is 14.4. The minimum Gasteiger partial charge on any atom is -0.364 e. The van der Waals surface area contributed by atoms with Crippen molar-refractivity contribution in [2.24, 2.45) is 5.73 Å². The molecule has 0 spiro atoms. The van der Waals surface area contributed by atoms with Gasteiger partial charge in [-0.05, 0) is 49.6 Å². The van der Waals surface area contributed by atoms with Crippen LogP contribution in [0.15, 0.2) is 35.2 Å². The van der Waals surface area contributed by atoms with Gasteiger partial charge in [0.2, 0.25) is 5.91 Å². The van der Waals surface area contributed by atoms with Crippen molar-refractivity contribution in [1.29, 1.82) is 0 Å². The van der Waals surface area contributed by atoms with E-state index in [1.165, 1.54) is 23.9 Å². The monoisotopic (exact) mass is 362 g/mol. The topological polar surface area (TPSA) is 92.1 Å². The first kappa shape index (κ1) is 17.5. The van der Waals surface area contributed by atoms with Crippen molar-refractivity contribution in [3.63, 3.8) is 0 Å². The summed E-state index contributed by atoms with van der Waals surface area (Å²) in [4.78, 5) is 26.6. The number of nitrogens with zero attached hydrogens (tertiary/aromatic N) is 2. The van der Waals surface area contributed by atoms with Gasteiger partial charge in [-0.25, -0.2) is 4.39 Å². The maximum absolute atomic E-state index is 12.9. The van der Waals surface area contributed by atoms with Gasteiger partial charge in [0.15, 0.2) is 0 Å². The SMILES string of the molecule is NC(=O)c1cc(C2CCCCN2C(=O)CSc2ccc(F)cc2)[nH]n1. The number of piperidine rings is 1. The van der Waals surface area contributed by atoms with E-state index in [4.69, 9.17) is 5.73 Å². The standard InChI is InChI=1S/C17H19FN4O2S/c18-11-4-6-12(7-5-11)25-10-16(23)22-8-2-1-3-15(22)13-9-14(17(19)24)21-20-13/h4-7,9,15H,1-3,8,10H2,(H2,19,24)(H,20,21). The average Bonchev–Trinajstić information content (AvgIpc) is 3.11. The first-order valence-corrected chi connectivity index (χ1v) is 9.06. The largest absolute Gasteiger partial charge is 0.364 e. The number of halogens is 1. The van der Waals surface area contributed by atoms with Crippen LogP contribution in [0.4, 0.5) is 4.39 Å². The van der Waals surface area contributed by atoms with Crippen LogP contribution in [0, 0.1) is 5.82 Å². The van der Waals surface area contributed by atoms with Gasteiger partial charge in [-0.3, -0.25) is 14.7 Å². The molecule has 0 radical (unpaired) electrons. The average molecular weight is 362 g/mol. The predicted octanol–water partition coefficient (Wildman–Crippen LogP) is 2.49. The molecular weight excluding hydrogens is 343 g/mol. The Morgan fingerprint density at radius 3 is 2.76 bits per heavy atom. The van der Waals surface area contributed by atoms with E-state index >= 15 is 0 Å². The Bertz CT molecular complexity index is 762. The number of primary amides is 1. The molecule has 6 nitrogen and oxygen atoms in total. The number of likely N-dealkylation sites (tertiary alicyclic amines) is 1. The number of hydrogen-bond donors (Lipinski definition) is 2. The predicted molar refractivity (Wildman–Crippen MR) is 92.5 cm³/mol. The molecule has 2 aromatic rings. The van der Waals surface area contributed by atoms with Crippen molar-refractivity contribution in [1.82, 2.24) is 15.1 Å². The fourth-order valence-electron chi connectivity index (χ4n) is 2.95. The van der Waals surface area contributed by atoms with Gasteiger partial charge < -0.3 is 10.6 Å². The van der Waals surface area contributed by atoms with Crippen molar-refractivity contribution in [3.05, 3.63) is 47.5 Å². The van der Waals surface area contributed by atoms with Crippen LogP contribution < -0.4 is 5.73 Å². The molecule has 1 aliphatic rings. The van der Waals surface area contributed by atoms with Gasteiger partial charge in [0.25, 0.3) is 5.91 Å². The summed E-state index contributed by atoms with van der Waals surface area (Å²) in [5.41, 5.74) is 6.15. The highest BCUT2D eigenvalue weighted by Crippen LogP contribution is 2.31. The van der Waals surface area contributed by atoms with Crippen molar-refractivity contribution >= 4 is 23.6 Å². The molecule has 1 unspecified atom stereocenters. The van der Waals surface area contributed by atoms with E-state index < -0.39 is 5.91 Å². The number of benzene rings is 1. The number of aromatic nitrogens is 2. The summed E-state index contributed by atoms with van der Waals surface area (Å²) in [6.07, 6.45) is 2.76. The highest BCUT2D eigenvalue weighted by Gasteiger charge is 2.29. The second kappa shape index (κ2) is 7.69. The Kier molecular flexibility index (Phi) is 5.37. The van der Waals surface area contributed by atoms with Crippen LogP contribution in [0.5, 0.6) is 0 Å². The number of carbonyl (C=O) groups excluding carboxylic acids is 2. The first-order chi connectivity index (χ1) is 12.0. The van der Waals surface area contributed by atoms with Crippen molar-refractivity contribution in [3.8, 4) is 0 Å². The zero-order valence-electron chi connectivity index (χ0n) is 13.6. The molecule has 1 aliphatic heterocycles. The van der Waals surface area contributed by atoms with Gasteiger partial charge in [-0.2, -0.15) is 5.10 Å². The van der Waals surface area contributed by atoms with E-state index in [1.807, 2.05) is 4.90 Å². The van der Waals surface area contributed by atoms with E-state index in [9.17, 15) is 14.0 Å². The summed E-state index contributed by atoms with van der Waals surface area (Å²) in [5, 5.41) is 6.74.